The van der Waals surface area contributed by atoms with Crippen LogP contribution in [-0.4, -0.2) is 20.4 Å². The molecule has 98 valence electrons. The molecule has 1 aromatic rings. The molecule has 18 heavy (non-hydrogen) atoms. The molecule has 0 saturated carbocycles. The Balaban J connectivity index is 2.18. The van der Waals surface area contributed by atoms with Crippen molar-refractivity contribution in [2.45, 2.75) is 37.1 Å². The van der Waals surface area contributed by atoms with Crippen LogP contribution in [0.3, 0.4) is 0 Å². The van der Waals surface area contributed by atoms with Gasteiger partial charge in [-0.25, -0.2) is 8.42 Å². The predicted octanol–water partition coefficient (Wildman–Crippen LogP) is 1.61. The highest BCUT2D eigenvalue weighted by Crippen LogP contribution is 2.26. The summed E-state index contributed by atoms with van der Waals surface area (Å²) in [5, 5.41) is 2.91. The van der Waals surface area contributed by atoms with Gasteiger partial charge in [0.05, 0.1) is 4.90 Å². The number of nitrogens with one attached hydrogen (secondary N) is 1. The lowest BCUT2D eigenvalue weighted by atomic mass is 10.1. The van der Waals surface area contributed by atoms with E-state index in [1.165, 1.54) is 6.07 Å². The fourth-order valence-corrected chi connectivity index (χ4v) is 2.98. The van der Waals surface area contributed by atoms with Gasteiger partial charge in [0, 0.05) is 23.1 Å². The highest BCUT2D eigenvalue weighted by Gasteiger charge is 2.24. The van der Waals surface area contributed by atoms with E-state index < -0.39 is 9.05 Å². The van der Waals surface area contributed by atoms with Gasteiger partial charge in [0.1, 0.15) is 0 Å². The summed E-state index contributed by atoms with van der Waals surface area (Å²) in [7, 11) is 1.62. The van der Waals surface area contributed by atoms with Crippen molar-refractivity contribution in [3.63, 3.8) is 0 Å². The molecule has 0 fully saturated rings. The monoisotopic (exact) mass is 287 g/mol. The summed E-state index contributed by atoms with van der Waals surface area (Å²) in [5.41, 5.74) is 2.01. The lowest BCUT2D eigenvalue weighted by molar-refractivity contribution is -0.121. The minimum absolute atomic E-state index is 0.0120. The molecule has 1 atom stereocenters. The lowest BCUT2D eigenvalue weighted by Gasteiger charge is -2.10. The number of halogens is 1. The third-order valence-electron chi connectivity index (χ3n) is 3.08. The quantitative estimate of drug-likeness (QED) is 0.859. The zero-order valence-electron chi connectivity index (χ0n) is 9.94. The smallest absolute Gasteiger partial charge is 0.261 e. The highest BCUT2D eigenvalue weighted by molar-refractivity contribution is 8.13. The van der Waals surface area contributed by atoms with Gasteiger partial charge in [-0.15, -0.1) is 0 Å². The van der Waals surface area contributed by atoms with Gasteiger partial charge < -0.3 is 5.32 Å². The number of carbonyl (C=O) groups excluding carboxylic acids is 1. The summed E-state index contributed by atoms with van der Waals surface area (Å²) in [6.45, 7) is 1.80. The van der Waals surface area contributed by atoms with Crippen molar-refractivity contribution < 1.29 is 13.2 Å². The van der Waals surface area contributed by atoms with Gasteiger partial charge in [-0.2, -0.15) is 0 Å². The van der Waals surface area contributed by atoms with Gasteiger partial charge >= 0.3 is 0 Å². The normalized spacial score (nSPS) is 18.4. The molecule has 0 unspecified atom stereocenters. The molecule has 0 aliphatic heterocycles. The van der Waals surface area contributed by atoms with Gasteiger partial charge in [-0.05, 0) is 36.1 Å². The summed E-state index contributed by atoms with van der Waals surface area (Å²) in [4.78, 5) is 11.4. The molecule has 1 aliphatic rings. The Labute approximate surface area is 111 Å². The fourth-order valence-electron chi connectivity index (χ4n) is 2.18. The van der Waals surface area contributed by atoms with Gasteiger partial charge in [-0.3, -0.25) is 4.79 Å². The number of hydrogen-bond donors (Lipinski definition) is 1. The number of benzene rings is 1. The minimum atomic E-state index is -3.68. The largest absolute Gasteiger partial charge is 0.353 e. The molecule has 0 radical (unpaired) electrons. The van der Waals surface area contributed by atoms with E-state index in [9.17, 15) is 13.2 Å². The third kappa shape index (κ3) is 2.84. The van der Waals surface area contributed by atoms with Gasteiger partial charge in [0.25, 0.3) is 9.05 Å². The Hall–Kier alpha value is -1.07. The van der Waals surface area contributed by atoms with Crippen LogP contribution in [0, 0.1) is 0 Å². The standard InChI is InChI=1S/C12H14ClNO3S/c1-2-12(15)14-10-5-8-3-4-11(18(13,16)17)7-9(8)6-10/h3-4,7,10H,2,5-6H2,1H3,(H,14,15)/t10-/m0/s1. The molecule has 1 N–H and O–H groups in total. The molecule has 4 nitrogen and oxygen atoms in total. The summed E-state index contributed by atoms with van der Waals surface area (Å²) < 4.78 is 22.5. The summed E-state index contributed by atoms with van der Waals surface area (Å²) in [6.07, 6.45) is 1.85. The Morgan fingerprint density at radius 1 is 1.39 bits per heavy atom. The first-order chi connectivity index (χ1) is 8.40. The van der Waals surface area contributed by atoms with Crippen molar-refractivity contribution in [2.24, 2.45) is 0 Å². The van der Waals surface area contributed by atoms with Crippen LogP contribution in [0.1, 0.15) is 24.5 Å². The van der Waals surface area contributed by atoms with E-state index >= 15 is 0 Å². The molecule has 1 aliphatic carbocycles. The number of carbonyl (C=O) groups is 1. The van der Waals surface area contributed by atoms with Gasteiger partial charge in [-0.1, -0.05) is 13.0 Å². The topological polar surface area (TPSA) is 63.2 Å². The van der Waals surface area contributed by atoms with Crippen molar-refractivity contribution in [1.29, 1.82) is 0 Å². The Kier molecular flexibility index (Phi) is 3.64. The summed E-state index contributed by atoms with van der Waals surface area (Å²) in [6, 6.07) is 4.92. The number of fused-ring (bicyclic) bond motifs is 1. The molecule has 0 aromatic heterocycles. The molecule has 0 spiro atoms. The molecule has 1 amide bonds. The fraction of sp³-hybridized carbons (Fsp3) is 0.417. The summed E-state index contributed by atoms with van der Waals surface area (Å²) in [5.74, 6) is 0.0120. The van der Waals surface area contributed by atoms with E-state index in [0.29, 0.717) is 12.8 Å². The predicted molar refractivity (Wildman–Crippen MR) is 69.1 cm³/mol. The van der Waals surface area contributed by atoms with Crippen molar-refractivity contribution in [1.82, 2.24) is 5.32 Å². The first-order valence-electron chi connectivity index (χ1n) is 5.76. The maximum absolute atomic E-state index is 11.3. The van der Waals surface area contributed by atoms with Crippen molar-refractivity contribution in [3.05, 3.63) is 29.3 Å². The van der Waals surface area contributed by atoms with Gasteiger partial charge in [0.15, 0.2) is 0 Å². The van der Waals surface area contributed by atoms with Gasteiger partial charge in [0.2, 0.25) is 5.91 Å². The molecule has 6 heteroatoms. The second-order valence-electron chi connectivity index (χ2n) is 4.39. The maximum Gasteiger partial charge on any atom is 0.261 e. The maximum atomic E-state index is 11.3. The Morgan fingerprint density at radius 3 is 2.67 bits per heavy atom. The highest BCUT2D eigenvalue weighted by atomic mass is 35.7. The molecular formula is C12H14ClNO3S. The van der Waals surface area contributed by atoms with Crippen LogP contribution in [0.15, 0.2) is 23.1 Å². The van der Waals surface area contributed by atoms with Crippen LogP contribution in [-0.2, 0) is 26.7 Å². The lowest BCUT2D eigenvalue weighted by Crippen LogP contribution is -2.34. The van der Waals surface area contributed by atoms with Crippen molar-refractivity contribution in [3.8, 4) is 0 Å². The summed E-state index contributed by atoms with van der Waals surface area (Å²) >= 11 is 0. The zero-order chi connectivity index (χ0) is 13.3. The first-order valence-corrected chi connectivity index (χ1v) is 8.07. The van der Waals surface area contributed by atoms with E-state index in [2.05, 4.69) is 5.32 Å². The SMILES string of the molecule is CCC(=O)N[C@H]1Cc2ccc(S(=O)(=O)Cl)cc2C1. The molecule has 0 bridgehead atoms. The molecule has 1 aromatic carbocycles. The second-order valence-corrected chi connectivity index (χ2v) is 6.96. The Bertz CT molecular complexity index is 583. The van der Waals surface area contributed by atoms with Crippen LogP contribution in [0.5, 0.6) is 0 Å². The number of rotatable bonds is 3. The van der Waals surface area contributed by atoms with E-state index in [-0.39, 0.29) is 16.8 Å². The Morgan fingerprint density at radius 2 is 2.06 bits per heavy atom. The van der Waals surface area contributed by atoms with E-state index in [0.717, 1.165) is 17.5 Å². The molecule has 2 rings (SSSR count). The van der Waals surface area contributed by atoms with Crippen LogP contribution >= 0.6 is 10.7 Å². The third-order valence-corrected chi connectivity index (χ3v) is 4.43. The number of amides is 1. The van der Waals surface area contributed by atoms with Crippen molar-refractivity contribution in [2.75, 3.05) is 0 Å². The average molecular weight is 288 g/mol. The van der Waals surface area contributed by atoms with Crippen LogP contribution < -0.4 is 5.32 Å². The van der Waals surface area contributed by atoms with Crippen LogP contribution in [0.2, 0.25) is 0 Å². The molecular weight excluding hydrogens is 274 g/mol. The van der Waals surface area contributed by atoms with Crippen LogP contribution in [0.4, 0.5) is 0 Å². The van der Waals surface area contributed by atoms with E-state index in [1.807, 2.05) is 0 Å². The van der Waals surface area contributed by atoms with Crippen molar-refractivity contribution >= 4 is 25.6 Å². The first kappa shape index (κ1) is 13.4. The average Bonchev–Trinajstić information content (AvgIpc) is 2.68. The van der Waals surface area contributed by atoms with Crippen LogP contribution in [0.25, 0.3) is 0 Å². The molecule has 0 saturated heterocycles. The minimum Gasteiger partial charge on any atom is -0.353 e. The van der Waals surface area contributed by atoms with E-state index in [1.54, 1.807) is 19.1 Å². The second kappa shape index (κ2) is 4.90. The zero-order valence-corrected chi connectivity index (χ0v) is 11.5. The number of hydrogen-bond acceptors (Lipinski definition) is 3. The molecule has 0 heterocycles. The van der Waals surface area contributed by atoms with E-state index in [4.69, 9.17) is 10.7 Å².